The fourth-order valence-electron chi connectivity index (χ4n) is 3.82. The van der Waals surface area contributed by atoms with E-state index in [1.54, 1.807) is 24.3 Å². The Kier molecular flexibility index (Phi) is 8.14. The van der Waals surface area contributed by atoms with Gasteiger partial charge in [0.15, 0.2) is 5.82 Å². The second-order valence-corrected chi connectivity index (χ2v) is 9.17. The summed E-state index contributed by atoms with van der Waals surface area (Å²) in [7, 11) is 0. The molecular weight excluding hydrogens is 493 g/mol. The quantitative estimate of drug-likeness (QED) is 0.250. The van der Waals surface area contributed by atoms with Crippen molar-refractivity contribution >= 4 is 11.6 Å². The number of hydrogen-bond acceptors (Lipinski definition) is 4. The average Bonchev–Trinajstić information content (AvgIpc) is 3.30. The number of nitrogens with one attached hydrogen (secondary N) is 1. The molecule has 0 saturated heterocycles. The van der Waals surface area contributed by atoms with Crippen molar-refractivity contribution in [2.75, 3.05) is 5.32 Å². The topological polar surface area (TPSA) is 69.0 Å². The second-order valence-electron chi connectivity index (χ2n) is 9.17. The third-order valence-electron chi connectivity index (χ3n) is 5.80. The minimum Gasteiger partial charge on any atom is -0.460 e. The molecule has 198 valence electrons. The van der Waals surface area contributed by atoms with Gasteiger partial charge < -0.3 is 10.1 Å². The lowest BCUT2D eigenvalue weighted by molar-refractivity contribution is -0.137. The molecule has 1 amide bonds. The van der Waals surface area contributed by atoms with Crippen LogP contribution in [-0.2, 0) is 12.6 Å². The standard InChI is InChI=1S/C29H29F3N4O2/c1-4-5-6-20-7-9-22(10-8-20)27(37)33-24-15-17-25(18-16-24)36-26(34-28(35-36)38-19(2)3)21-11-13-23(14-12-21)29(30,31)32/h7-19H,4-6H2,1-3H3,(H,33,37). The molecule has 0 saturated carbocycles. The summed E-state index contributed by atoms with van der Waals surface area (Å²) >= 11 is 0. The number of carbonyl (C=O) groups is 1. The van der Waals surface area contributed by atoms with Gasteiger partial charge in [0, 0.05) is 16.8 Å². The molecule has 1 aromatic heterocycles. The number of anilines is 1. The average molecular weight is 523 g/mol. The minimum absolute atomic E-state index is 0.106. The molecule has 0 aliphatic heterocycles. The van der Waals surface area contributed by atoms with Crippen LogP contribution in [0.1, 0.15) is 55.1 Å². The van der Waals surface area contributed by atoms with Crippen LogP contribution in [0.2, 0.25) is 0 Å². The van der Waals surface area contributed by atoms with E-state index in [4.69, 9.17) is 4.74 Å². The van der Waals surface area contributed by atoms with Crippen LogP contribution in [0.4, 0.5) is 18.9 Å². The lowest BCUT2D eigenvalue weighted by Crippen LogP contribution is -2.12. The maximum absolute atomic E-state index is 13.0. The normalized spacial score (nSPS) is 11.6. The van der Waals surface area contributed by atoms with Crippen molar-refractivity contribution in [1.29, 1.82) is 0 Å². The first-order chi connectivity index (χ1) is 18.1. The van der Waals surface area contributed by atoms with Crippen molar-refractivity contribution in [3.05, 3.63) is 89.5 Å². The molecule has 9 heteroatoms. The molecule has 4 rings (SSSR count). The number of carbonyl (C=O) groups excluding carboxylic acids is 1. The van der Waals surface area contributed by atoms with E-state index in [9.17, 15) is 18.0 Å². The maximum atomic E-state index is 13.0. The van der Waals surface area contributed by atoms with Gasteiger partial charge in [-0.3, -0.25) is 4.79 Å². The first-order valence-corrected chi connectivity index (χ1v) is 12.5. The van der Waals surface area contributed by atoms with Crippen molar-refractivity contribution in [3.63, 3.8) is 0 Å². The van der Waals surface area contributed by atoms with Gasteiger partial charge in [0.25, 0.3) is 5.91 Å². The second kappa shape index (κ2) is 11.5. The number of halogens is 3. The van der Waals surface area contributed by atoms with Crippen molar-refractivity contribution in [3.8, 4) is 23.1 Å². The highest BCUT2D eigenvalue weighted by atomic mass is 19.4. The summed E-state index contributed by atoms with van der Waals surface area (Å²) < 4.78 is 46.2. The molecule has 0 unspecified atom stereocenters. The number of hydrogen-bond donors (Lipinski definition) is 1. The number of unbranched alkanes of at least 4 members (excludes halogenated alkanes) is 1. The fraction of sp³-hybridized carbons (Fsp3) is 0.276. The predicted molar refractivity (Wildman–Crippen MR) is 141 cm³/mol. The molecule has 0 radical (unpaired) electrons. The van der Waals surface area contributed by atoms with Gasteiger partial charge >= 0.3 is 12.2 Å². The molecule has 1 N–H and O–H groups in total. The van der Waals surface area contributed by atoms with Gasteiger partial charge in [-0.15, -0.1) is 5.10 Å². The molecule has 0 fully saturated rings. The van der Waals surface area contributed by atoms with E-state index in [1.807, 2.05) is 38.1 Å². The SMILES string of the molecule is CCCCc1ccc(C(=O)Nc2ccc(-n3nc(OC(C)C)nc3-c3ccc(C(F)(F)F)cc3)cc2)cc1. The maximum Gasteiger partial charge on any atom is 0.416 e. The lowest BCUT2D eigenvalue weighted by Gasteiger charge is -2.10. The molecule has 38 heavy (non-hydrogen) atoms. The summed E-state index contributed by atoms with van der Waals surface area (Å²) in [5, 5.41) is 7.29. The van der Waals surface area contributed by atoms with E-state index < -0.39 is 11.7 Å². The summed E-state index contributed by atoms with van der Waals surface area (Å²) in [6, 6.07) is 19.3. The third-order valence-corrected chi connectivity index (χ3v) is 5.80. The van der Waals surface area contributed by atoms with E-state index in [-0.39, 0.29) is 18.0 Å². The van der Waals surface area contributed by atoms with Gasteiger partial charge in [0.1, 0.15) is 0 Å². The lowest BCUT2D eigenvalue weighted by atomic mass is 10.1. The van der Waals surface area contributed by atoms with Crippen LogP contribution in [0, 0.1) is 0 Å². The fourth-order valence-corrected chi connectivity index (χ4v) is 3.82. The summed E-state index contributed by atoms with van der Waals surface area (Å²) in [5.74, 6) is 0.105. The predicted octanol–water partition coefficient (Wildman–Crippen LogP) is 7.34. The van der Waals surface area contributed by atoms with Gasteiger partial charge in [-0.25, -0.2) is 4.68 Å². The molecule has 1 heterocycles. The Morgan fingerprint density at radius 2 is 1.63 bits per heavy atom. The van der Waals surface area contributed by atoms with Gasteiger partial charge in [-0.05, 0) is 80.8 Å². The molecule has 0 aliphatic rings. The Labute approximate surface area is 219 Å². The number of nitrogens with zero attached hydrogens (tertiary/aromatic N) is 3. The smallest absolute Gasteiger partial charge is 0.416 e. The zero-order valence-electron chi connectivity index (χ0n) is 21.4. The van der Waals surface area contributed by atoms with Crippen LogP contribution >= 0.6 is 0 Å². The number of aryl methyl sites for hydroxylation is 1. The molecular formula is C29H29F3N4O2. The van der Waals surface area contributed by atoms with E-state index in [2.05, 4.69) is 22.3 Å². The Hall–Kier alpha value is -4.14. The molecule has 6 nitrogen and oxygen atoms in total. The Morgan fingerprint density at radius 1 is 0.974 bits per heavy atom. The van der Waals surface area contributed by atoms with Gasteiger partial charge in [0.2, 0.25) is 0 Å². The van der Waals surface area contributed by atoms with E-state index in [0.717, 1.165) is 31.4 Å². The van der Waals surface area contributed by atoms with E-state index in [0.29, 0.717) is 28.3 Å². The first-order valence-electron chi connectivity index (χ1n) is 12.5. The summed E-state index contributed by atoms with van der Waals surface area (Å²) in [6.45, 7) is 5.80. The monoisotopic (exact) mass is 522 g/mol. The number of rotatable bonds is 9. The van der Waals surface area contributed by atoms with Crippen molar-refractivity contribution in [1.82, 2.24) is 14.8 Å². The van der Waals surface area contributed by atoms with Crippen LogP contribution < -0.4 is 10.1 Å². The Bertz CT molecular complexity index is 1360. The Balaban J connectivity index is 1.55. The van der Waals surface area contributed by atoms with Crippen LogP contribution in [0.3, 0.4) is 0 Å². The van der Waals surface area contributed by atoms with Crippen molar-refractivity contribution < 1.29 is 22.7 Å². The van der Waals surface area contributed by atoms with Crippen LogP contribution in [0.25, 0.3) is 17.1 Å². The number of benzene rings is 3. The van der Waals surface area contributed by atoms with Crippen molar-refractivity contribution in [2.24, 2.45) is 0 Å². The molecule has 0 atom stereocenters. The third kappa shape index (κ3) is 6.59. The van der Waals surface area contributed by atoms with Crippen molar-refractivity contribution in [2.45, 2.75) is 52.3 Å². The zero-order valence-corrected chi connectivity index (χ0v) is 21.4. The summed E-state index contributed by atoms with van der Waals surface area (Å²) in [5.41, 5.74) is 2.65. The number of alkyl halides is 3. The highest BCUT2D eigenvalue weighted by molar-refractivity contribution is 6.04. The molecule has 4 aromatic rings. The number of amides is 1. The van der Waals surface area contributed by atoms with E-state index >= 15 is 0 Å². The summed E-state index contributed by atoms with van der Waals surface area (Å²) in [6.07, 6.45) is -1.42. The Morgan fingerprint density at radius 3 is 2.21 bits per heavy atom. The van der Waals surface area contributed by atoms with Gasteiger partial charge in [-0.1, -0.05) is 37.6 Å². The molecule has 0 bridgehead atoms. The van der Waals surface area contributed by atoms with Crippen LogP contribution in [0.5, 0.6) is 6.01 Å². The van der Waals surface area contributed by atoms with Crippen LogP contribution in [-0.4, -0.2) is 26.8 Å². The highest BCUT2D eigenvalue weighted by Crippen LogP contribution is 2.32. The van der Waals surface area contributed by atoms with Crippen LogP contribution in [0.15, 0.2) is 72.8 Å². The number of aromatic nitrogens is 3. The minimum atomic E-state index is -4.44. The summed E-state index contributed by atoms with van der Waals surface area (Å²) in [4.78, 5) is 17.1. The van der Waals surface area contributed by atoms with Gasteiger partial charge in [0.05, 0.1) is 17.4 Å². The van der Waals surface area contributed by atoms with E-state index in [1.165, 1.54) is 22.4 Å². The zero-order chi connectivity index (χ0) is 27.3. The largest absolute Gasteiger partial charge is 0.460 e. The highest BCUT2D eigenvalue weighted by Gasteiger charge is 2.30. The molecule has 0 aliphatic carbocycles. The number of ether oxygens (including phenoxy) is 1. The van der Waals surface area contributed by atoms with Gasteiger partial charge in [-0.2, -0.15) is 18.2 Å². The first kappa shape index (κ1) is 26.9. The molecule has 0 spiro atoms. The molecule has 3 aromatic carbocycles.